The van der Waals surface area contributed by atoms with Gasteiger partial charge in [-0.1, -0.05) is 76.9 Å². The maximum absolute atomic E-state index is 13.4. The smallest absolute Gasteiger partial charge is 0.263 e. The third-order valence-corrected chi connectivity index (χ3v) is 7.32. The van der Waals surface area contributed by atoms with Crippen LogP contribution in [0, 0.1) is 6.92 Å². The Morgan fingerprint density at radius 3 is 2.53 bits per heavy atom. The number of benzene rings is 2. The highest BCUT2D eigenvalue weighted by molar-refractivity contribution is 7.98. The van der Waals surface area contributed by atoms with E-state index in [0.717, 1.165) is 21.5 Å². The molecule has 4 rings (SSSR count). The highest BCUT2D eigenvalue weighted by Crippen LogP contribution is 2.34. The van der Waals surface area contributed by atoms with Gasteiger partial charge in [-0.2, -0.15) is 0 Å². The molecule has 152 valence electrons. The van der Waals surface area contributed by atoms with Crippen molar-refractivity contribution < 1.29 is 0 Å². The quantitative estimate of drug-likeness (QED) is 0.169. The van der Waals surface area contributed by atoms with E-state index < -0.39 is 0 Å². The minimum absolute atomic E-state index is 0.0653. The standard InChI is InChI=1S/C23H18Cl2N2OS2/c1-3-11-27-22(28)20-16(15-9-7-14(2)8-10-15)12-29-21(20)26-23(27)30-13-17-18(24)5-4-6-19(17)25/h3-10,12H,1,11,13H2,2H3. The first-order valence-electron chi connectivity index (χ1n) is 9.25. The van der Waals surface area contributed by atoms with E-state index in [1.54, 1.807) is 10.6 Å². The van der Waals surface area contributed by atoms with Gasteiger partial charge in [-0.25, -0.2) is 4.98 Å². The third kappa shape index (κ3) is 4.08. The van der Waals surface area contributed by atoms with Crippen molar-refractivity contribution in [2.24, 2.45) is 0 Å². The zero-order valence-electron chi connectivity index (χ0n) is 16.2. The van der Waals surface area contributed by atoms with E-state index >= 15 is 0 Å². The van der Waals surface area contributed by atoms with Crippen LogP contribution in [-0.2, 0) is 12.3 Å². The largest absolute Gasteiger partial charge is 0.283 e. The summed E-state index contributed by atoms with van der Waals surface area (Å²) in [4.78, 5) is 19.0. The highest BCUT2D eigenvalue weighted by Gasteiger charge is 2.18. The molecule has 2 aromatic carbocycles. The normalized spacial score (nSPS) is 11.2. The molecule has 0 fully saturated rings. The van der Waals surface area contributed by atoms with Gasteiger partial charge in [0, 0.05) is 33.3 Å². The molecule has 2 aromatic heterocycles. The molecule has 0 unspecified atom stereocenters. The van der Waals surface area contributed by atoms with Gasteiger partial charge in [-0.3, -0.25) is 9.36 Å². The molecular weight excluding hydrogens is 455 g/mol. The predicted molar refractivity (Wildman–Crippen MR) is 130 cm³/mol. The van der Waals surface area contributed by atoms with Crippen LogP contribution in [-0.4, -0.2) is 9.55 Å². The number of aromatic nitrogens is 2. The van der Waals surface area contributed by atoms with Crippen molar-refractivity contribution in [3.8, 4) is 11.1 Å². The lowest BCUT2D eigenvalue weighted by atomic mass is 10.1. The van der Waals surface area contributed by atoms with Crippen molar-refractivity contribution >= 4 is 56.5 Å². The third-order valence-electron chi connectivity index (χ3n) is 4.74. The number of thioether (sulfide) groups is 1. The lowest BCUT2D eigenvalue weighted by Crippen LogP contribution is -2.22. The fourth-order valence-electron chi connectivity index (χ4n) is 3.16. The minimum atomic E-state index is -0.0653. The molecule has 4 aromatic rings. The van der Waals surface area contributed by atoms with Gasteiger partial charge in [0.05, 0.1) is 5.39 Å². The van der Waals surface area contributed by atoms with E-state index in [9.17, 15) is 4.79 Å². The molecular formula is C23H18Cl2N2OS2. The zero-order valence-corrected chi connectivity index (χ0v) is 19.3. The average molecular weight is 473 g/mol. The molecule has 0 aliphatic carbocycles. The van der Waals surface area contributed by atoms with E-state index in [1.165, 1.54) is 28.7 Å². The summed E-state index contributed by atoms with van der Waals surface area (Å²) >= 11 is 15.5. The molecule has 0 bridgehead atoms. The van der Waals surface area contributed by atoms with Gasteiger partial charge in [0.1, 0.15) is 4.83 Å². The van der Waals surface area contributed by atoms with E-state index in [1.807, 2.05) is 54.8 Å². The Morgan fingerprint density at radius 2 is 1.87 bits per heavy atom. The summed E-state index contributed by atoms with van der Waals surface area (Å²) in [5.74, 6) is 0.518. The number of hydrogen-bond donors (Lipinski definition) is 0. The van der Waals surface area contributed by atoms with Crippen molar-refractivity contribution in [3.05, 3.63) is 92.0 Å². The molecule has 0 aliphatic heterocycles. The second-order valence-corrected chi connectivity index (χ2v) is 9.40. The Balaban J connectivity index is 1.79. The number of aryl methyl sites for hydroxylation is 1. The molecule has 0 saturated heterocycles. The van der Waals surface area contributed by atoms with Gasteiger partial charge in [0.15, 0.2) is 5.16 Å². The fourth-order valence-corrected chi connectivity index (χ4v) is 5.90. The number of fused-ring (bicyclic) bond motifs is 1. The van der Waals surface area contributed by atoms with Gasteiger partial charge < -0.3 is 0 Å². The molecule has 0 amide bonds. The lowest BCUT2D eigenvalue weighted by molar-refractivity contribution is 0.673. The SMILES string of the molecule is C=CCn1c(SCc2c(Cl)cccc2Cl)nc2scc(-c3ccc(C)cc3)c2c1=O. The summed E-state index contributed by atoms with van der Waals surface area (Å²) in [5, 5.41) is 4.48. The number of allylic oxidation sites excluding steroid dienone is 1. The van der Waals surface area contributed by atoms with Crippen LogP contribution in [0.4, 0.5) is 0 Å². The second-order valence-electron chi connectivity index (χ2n) is 6.78. The van der Waals surface area contributed by atoms with Crippen molar-refractivity contribution in [1.29, 1.82) is 0 Å². The summed E-state index contributed by atoms with van der Waals surface area (Å²) in [6, 6.07) is 13.6. The Morgan fingerprint density at radius 1 is 1.17 bits per heavy atom. The van der Waals surface area contributed by atoms with Crippen LogP contribution in [0.2, 0.25) is 10.0 Å². The number of hydrogen-bond acceptors (Lipinski definition) is 4. The number of thiophene rings is 1. The van der Waals surface area contributed by atoms with E-state index in [4.69, 9.17) is 28.2 Å². The maximum atomic E-state index is 13.4. The first-order valence-corrected chi connectivity index (χ1v) is 11.9. The zero-order chi connectivity index (χ0) is 21.3. The first kappa shape index (κ1) is 21.2. The van der Waals surface area contributed by atoms with Crippen LogP contribution < -0.4 is 5.56 Å². The minimum Gasteiger partial charge on any atom is -0.283 e. The molecule has 3 nitrogen and oxygen atoms in total. The Labute approximate surface area is 193 Å². The molecule has 0 spiro atoms. The van der Waals surface area contributed by atoms with Crippen LogP contribution in [0.1, 0.15) is 11.1 Å². The monoisotopic (exact) mass is 472 g/mol. The average Bonchev–Trinajstić information content (AvgIpc) is 3.15. The summed E-state index contributed by atoms with van der Waals surface area (Å²) in [6.07, 6.45) is 1.71. The highest BCUT2D eigenvalue weighted by atomic mass is 35.5. The predicted octanol–water partition coefficient (Wildman–Crippen LogP) is 7.22. The topological polar surface area (TPSA) is 34.9 Å². The molecule has 30 heavy (non-hydrogen) atoms. The summed E-state index contributed by atoms with van der Waals surface area (Å²) in [6.45, 7) is 6.23. The molecule has 2 heterocycles. The summed E-state index contributed by atoms with van der Waals surface area (Å²) < 4.78 is 1.66. The lowest BCUT2D eigenvalue weighted by Gasteiger charge is -2.12. The van der Waals surface area contributed by atoms with Gasteiger partial charge in [-0.15, -0.1) is 17.9 Å². The van der Waals surface area contributed by atoms with Crippen molar-refractivity contribution in [2.75, 3.05) is 0 Å². The summed E-state index contributed by atoms with van der Waals surface area (Å²) in [7, 11) is 0. The van der Waals surface area contributed by atoms with Crippen LogP contribution in [0.5, 0.6) is 0 Å². The van der Waals surface area contributed by atoms with Gasteiger partial charge in [0.25, 0.3) is 5.56 Å². The molecule has 0 radical (unpaired) electrons. The Kier molecular flexibility index (Phi) is 6.34. The van der Waals surface area contributed by atoms with Gasteiger partial charge >= 0.3 is 0 Å². The van der Waals surface area contributed by atoms with Crippen LogP contribution in [0.25, 0.3) is 21.3 Å². The second kappa shape index (κ2) is 8.98. The Bertz CT molecular complexity index is 1270. The van der Waals surface area contributed by atoms with Crippen molar-refractivity contribution in [3.63, 3.8) is 0 Å². The van der Waals surface area contributed by atoms with Crippen LogP contribution in [0.3, 0.4) is 0 Å². The van der Waals surface area contributed by atoms with E-state index in [-0.39, 0.29) is 5.56 Å². The molecule has 0 saturated carbocycles. The number of nitrogens with zero attached hydrogens (tertiary/aromatic N) is 2. The molecule has 0 atom stereocenters. The van der Waals surface area contributed by atoms with Gasteiger partial charge in [-0.05, 0) is 30.2 Å². The van der Waals surface area contributed by atoms with E-state index in [0.29, 0.717) is 32.9 Å². The summed E-state index contributed by atoms with van der Waals surface area (Å²) in [5.41, 5.74) is 3.87. The number of halogens is 2. The van der Waals surface area contributed by atoms with E-state index in [2.05, 4.69) is 6.58 Å². The number of rotatable bonds is 6. The Hall–Kier alpha value is -2.05. The molecule has 0 aliphatic rings. The van der Waals surface area contributed by atoms with Crippen molar-refractivity contribution in [2.45, 2.75) is 24.4 Å². The van der Waals surface area contributed by atoms with Crippen molar-refractivity contribution in [1.82, 2.24) is 9.55 Å². The maximum Gasteiger partial charge on any atom is 0.263 e. The van der Waals surface area contributed by atoms with Crippen LogP contribution >= 0.6 is 46.3 Å². The van der Waals surface area contributed by atoms with Gasteiger partial charge in [0.2, 0.25) is 0 Å². The fraction of sp³-hybridized carbons (Fsp3) is 0.130. The molecule has 7 heteroatoms. The van der Waals surface area contributed by atoms with Crippen LogP contribution in [0.15, 0.2) is 70.5 Å². The first-order chi connectivity index (χ1) is 14.5. The molecule has 0 N–H and O–H groups in total.